The third-order valence-corrected chi connectivity index (χ3v) is 2.21. The Labute approximate surface area is 93.0 Å². The molecule has 0 saturated carbocycles. The molecule has 0 radical (unpaired) electrons. The fourth-order valence-corrected chi connectivity index (χ4v) is 1.65. The number of tetrazole rings is 1. The Bertz CT molecular complexity index is 476. The number of halogens is 1. The topological polar surface area (TPSA) is 88.5 Å². The fourth-order valence-electron chi connectivity index (χ4n) is 1.13. The van der Waals surface area contributed by atoms with Gasteiger partial charge in [-0.2, -0.15) is 5.21 Å². The van der Waals surface area contributed by atoms with Gasteiger partial charge in [0.25, 0.3) is 11.9 Å². The van der Waals surface area contributed by atoms with Gasteiger partial charge in [0.15, 0.2) is 0 Å². The first-order valence-corrected chi connectivity index (χ1v) is 4.83. The van der Waals surface area contributed by atoms with Gasteiger partial charge in [0.05, 0.1) is 0 Å². The van der Waals surface area contributed by atoms with Gasteiger partial charge in [-0.3, -0.25) is 10.1 Å². The van der Waals surface area contributed by atoms with E-state index < -0.39 is 0 Å². The quantitative estimate of drug-likeness (QED) is 0.834. The highest BCUT2D eigenvalue weighted by Gasteiger charge is 2.12. The van der Waals surface area contributed by atoms with Crippen molar-refractivity contribution in [1.82, 2.24) is 25.2 Å². The zero-order valence-electron chi connectivity index (χ0n) is 7.73. The van der Waals surface area contributed by atoms with Crippen LogP contribution < -0.4 is 5.32 Å². The molecule has 78 valence electrons. The average Bonchev–Trinajstić information content (AvgIpc) is 2.75. The van der Waals surface area contributed by atoms with Crippen molar-refractivity contribution in [2.45, 2.75) is 0 Å². The number of aromatic amines is 1. The van der Waals surface area contributed by atoms with Crippen LogP contribution in [0.1, 0.15) is 10.5 Å². The highest BCUT2D eigenvalue weighted by atomic mass is 79.9. The normalized spacial score (nSPS) is 10.3. The molecule has 2 N–H and O–H groups in total. The molecule has 0 aliphatic carbocycles. The van der Waals surface area contributed by atoms with Gasteiger partial charge in [-0.1, -0.05) is 5.10 Å². The number of nitrogens with one attached hydrogen (secondary N) is 2. The minimum absolute atomic E-state index is 0.150. The second kappa shape index (κ2) is 3.81. The van der Waals surface area contributed by atoms with Crippen LogP contribution in [-0.4, -0.2) is 31.1 Å². The first kappa shape index (κ1) is 9.84. The zero-order valence-corrected chi connectivity index (χ0v) is 9.32. The predicted molar refractivity (Wildman–Crippen MR) is 55.2 cm³/mol. The molecule has 0 aromatic carbocycles. The van der Waals surface area contributed by atoms with Crippen LogP contribution in [0.5, 0.6) is 0 Å². The molecule has 0 saturated heterocycles. The zero-order chi connectivity index (χ0) is 10.8. The molecule has 0 fully saturated rings. The molecule has 2 aromatic rings. The van der Waals surface area contributed by atoms with Crippen LogP contribution in [0.15, 0.2) is 16.7 Å². The smallest absolute Gasteiger partial charge is 0.274 e. The van der Waals surface area contributed by atoms with Gasteiger partial charge in [0, 0.05) is 17.7 Å². The average molecular weight is 271 g/mol. The van der Waals surface area contributed by atoms with Crippen molar-refractivity contribution in [3.05, 3.63) is 22.4 Å². The van der Waals surface area contributed by atoms with Gasteiger partial charge < -0.3 is 4.57 Å². The molecule has 0 unspecified atom stereocenters. The number of rotatable bonds is 2. The van der Waals surface area contributed by atoms with Gasteiger partial charge in [-0.15, -0.1) is 5.10 Å². The van der Waals surface area contributed by atoms with Crippen molar-refractivity contribution in [1.29, 1.82) is 0 Å². The summed E-state index contributed by atoms with van der Waals surface area (Å²) in [6.07, 6.45) is 1.78. The summed E-state index contributed by atoms with van der Waals surface area (Å²) in [6.45, 7) is 0. The summed E-state index contributed by atoms with van der Waals surface area (Å²) < 4.78 is 2.53. The summed E-state index contributed by atoms with van der Waals surface area (Å²) in [4.78, 5) is 11.7. The van der Waals surface area contributed by atoms with Crippen LogP contribution in [0.2, 0.25) is 0 Å². The van der Waals surface area contributed by atoms with E-state index in [2.05, 4.69) is 41.9 Å². The molecule has 7 nitrogen and oxygen atoms in total. The first-order chi connectivity index (χ1) is 7.16. The summed E-state index contributed by atoms with van der Waals surface area (Å²) in [5.41, 5.74) is 0.506. The summed E-state index contributed by atoms with van der Waals surface area (Å²) in [5, 5.41) is 15.3. The molecule has 0 aliphatic rings. The minimum atomic E-state index is -0.287. The van der Waals surface area contributed by atoms with Crippen LogP contribution in [-0.2, 0) is 7.05 Å². The largest absolute Gasteiger partial charge is 0.345 e. The molecule has 2 heterocycles. The number of aromatic nitrogens is 5. The highest BCUT2D eigenvalue weighted by molar-refractivity contribution is 9.10. The van der Waals surface area contributed by atoms with Crippen LogP contribution in [0.4, 0.5) is 5.95 Å². The Balaban J connectivity index is 2.18. The van der Waals surface area contributed by atoms with E-state index in [9.17, 15) is 4.79 Å². The van der Waals surface area contributed by atoms with Crippen molar-refractivity contribution in [3.8, 4) is 0 Å². The number of amides is 1. The summed E-state index contributed by atoms with van der Waals surface area (Å²) in [5.74, 6) is -0.137. The monoisotopic (exact) mass is 270 g/mol. The Morgan fingerprint density at radius 1 is 1.67 bits per heavy atom. The molecular weight excluding hydrogens is 264 g/mol. The van der Waals surface area contributed by atoms with Crippen LogP contribution >= 0.6 is 15.9 Å². The molecule has 2 aromatic heterocycles. The molecule has 0 bridgehead atoms. The fraction of sp³-hybridized carbons (Fsp3) is 0.143. The number of carbonyl (C=O) groups excluding carboxylic acids is 1. The molecule has 8 heteroatoms. The van der Waals surface area contributed by atoms with Crippen molar-refractivity contribution >= 4 is 27.8 Å². The second-order valence-corrected chi connectivity index (χ2v) is 3.76. The summed E-state index contributed by atoms with van der Waals surface area (Å²) >= 11 is 3.28. The maximum atomic E-state index is 11.7. The number of H-pyrrole nitrogens is 1. The standard InChI is InChI=1S/C7H7BrN6O/c1-14-3-4(8)2-5(14)6(15)9-7-10-12-13-11-7/h2-3H,1H3,(H2,9,10,11,12,13,15). The van der Waals surface area contributed by atoms with E-state index >= 15 is 0 Å². The van der Waals surface area contributed by atoms with E-state index in [1.807, 2.05) is 0 Å². The van der Waals surface area contributed by atoms with Gasteiger partial charge in [-0.25, -0.2) is 0 Å². The van der Waals surface area contributed by atoms with Crippen LogP contribution in [0, 0.1) is 0 Å². The van der Waals surface area contributed by atoms with E-state index in [-0.39, 0.29) is 11.9 Å². The predicted octanol–water partition coefficient (Wildman–Crippen LogP) is 0.553. The highest BCUT2D eigenvalue weighted by Crippen LogP contribution is 2.14. The lowest BCUT2D eigenvalue weighted by atomic mass is 10.4. The molecule has 0 atom stereocenters. The summed E-state index contributed by atoms with van der Waals surface area (Å²) in [7, 11) is 1.77. The van der Waals surface area contributed by atoms with E-state index in [0.29, 0.717) is 5.69 Å². The lowest BCUT2D eigenvalue weighted by molar-refractivity contribution is 0.101. The molecule has 0 spiro atoms. The lowest BCUT2D eigenvalue weighted by Crippen LogP contribution is -2.16. The number of anilines is 1. The van der Waals surface area contributed by atoms with E-state index in [1.54, 1.807) is 23.9 Å². The minimum Gasteiger partial charge on any atom is -0.345 e. The van der Waals surface area contributed by atoms with Crippen molar-refractivity contribution in [3.63, 3.8) is 0 Å². The van der Waals surface area contributed by atoms with Crippen LogP contribution in [0.3, 0.4) is 0 Å². The Kier molecular flexibility index (Phi) is 2.50. The molecule has 1 amide bonds. The van der Waals surface area contributed by atoms with Crippen molar-refractivity contribution < 1.29 is 4.79 Å². The Hall–Kier alpha value is -1.70. The third-order valence-electron chi connectivity index (χ3n) is 1.77. The third kappa shape index (κ3) is 2.04. The first-order valence-electron chi connectivity index (χ1n) is 4.03. The second-order valence-electron chi connectivity index (χ2n) is 2.84. The Morgan fingerprint density at radius 2 is 2.47 bits per heavy atom. The lowest BCUT2D eigenvalue weighted by Gasteiger charge is -2.00. The van der Waals surface area contributed by atoms with Crippen LogP contribution in [0.25, 0.3) is 0 Å². The molecule has 0 aliphatic heterocycles. The number of hydrogen-bond donors (Lipinski definition) is 2. The number of nitrogens with zero attached hydrogens (tertiary/aromatic N) is 4. The van der Waals surface area contributed by atoms with Gasteiger partial charge in [0.2, 0.25) is 0 Å². The van der Waals surface area contributed by atoms with Gasteiger partial charge >= 0.3 is 0 Å². The SMILES string of the molecule is Cn1cc(Br)cc1C(=O)Nc1nn[nH]n1. The van der Waals surface area contributed by atoms with E-state index in [4.69, 9.17) is 0 Å². The maximum absolute atomic E-state index is 11.7. The maximum Gasteiger partial charge on any atom is 0.274 e. The molecule has 15 heavy (non-hydrogen) atoms. The number of aryl methyl sites for hydroxylation is 1. The van der Waals surface area contributed by atoms with Crippen molar-refractivity contribution in [2.75, 3.05) is 5.32 Å². The van der Waals surface area contributed by atoms with E-state index in [0.717, 1.165) is 4.47 Å². The number of carbonyl (C=O) groups is 1. The summed E-state index contributed by atoms with van der Waals surface area (Å²) in [6, 6.07) is 1.70. The van der Waals surface area contributed by atoms with E-state index in [1.165, 1.54) is 0 Å². The molecular formula is C7H7BrN6O. The molecule has 2 rings (SSSR count). The van der Waals surface area contributed by atoms with Crippen molar-refractivity contribution in [2.24, 2.45) is 7.05 Å². The Morgan fingerprint density at radius 3 is 3.00 bits per heavy atom. The van der Waals surface area contributed by atoms with Gasteiger partial charge in [-0.05, 0) is 27.2 Å². The van der Waals surface area contributed by atoms with Gasteiger partial charge in [0.1, 0.15) is 5.69 Å². The number of hydrogen-bond acceptors (Lipinski definition) is 4.